The summed E-state index contributed by atoms with van der Waals surface area (Å²) in [5, 5.41) is 8.00. The molecular weight excluding hydrogens is 302 g/mol. The number of rotatable bonds is 7. The van der Waals surface area contributed by atoms with Crippen LogP contribution in [0.15, 0.2) is 0 Å². The number of hydrogen-bond donors (Lipinski definition) is 1. The number of sulfonamides is 1. The molecule has 1 aliphatic heterocycles. The molecule has 1 atom stereocenters. The fraction of sp³-hybridized carbons (Fsp3) is 0.857. The third-order valence-electron chi connectivity index (χ3n) is 3.96. The van der Waals surface area contributed by atoms with Crippen LogP contribution in [0.3, 0.4) is 0 Å². The number of nitrogens with zero attached hydrogens (tertiary/aromatic N) is 4. The zero-order valence-corrected chi connectivity index (χ0v) is 14.7. The summed E-state index contributed by atoms with van der Waals surface area (Å²) in [6.07, 6.45) is 2.57. The SMILES string of the molecule is CC(C)c1nc2n(n1)C[C@H](NCCCS(=O)(=O)N(C)C)CC2. The van der Waals surface area contributed by atoms with Crippen molar-refractivity contribution in [2.45, 2.75) is 51.6 Å². The lowest BCUT2D eigenvalue weighted by Crippen LogP contribution is -2.39. The van der Waals surface area contributed by atoms with Crippen LogP contribution in [0.5, 0.6) is 0 Å². The molecular formula is C14H27N5O2S. The van der Waals surface area contributed by atoms with E-state index in [4.69, 9.17) is 0 Å². The maximum atomic E-state index is 11.7. The molecule has 2 heterocycles. The highest BCUT2D eigenvalue weighted by atomic mass is 32.2. The first-order valence-corrected chi connectivity index (χ1v) is 9.47. The summed E-state index contributed by atoms with van der Waals surface area (Å²) >= 11 is 0. The number of hydrogen-bond acceptors (Lipinski definition) is 5. The van der Waals surface area contributed by atoms with Gasteiger partial charge in [0.25, 0.3) is 0 Å². The highest BCUT2D eigenvalue weighted by Crippen LogP contribution is 2.16. The van der Waals surface area contributed by atoms with Gasteiger partial charge in [0.2, 0.25) is 10.0 Å². The lowest BCUT2D eigenvalue weighted by molar-refractivity contribution is 0.359. The van der Waals surface area contributed by atoms with Crippen LogP contribution in [0.25, 0.3) is 0 Å². The van der Waals surface area contributed by atoms with Crippen molar-refractivity contribution in [3.63, 3.8) is 0 Å². The molecule has 8 heteroatoms. The minimum atomic E-state index is -3.09. The van der Waals surface area contributed by atoms with Crippen molar-refractivity contribution in [1.29, 1.82) is 0 Å². The van der Waals surface area contributed by atoms with Crippen molar-refractivity contribution < 1.29 is 8.42 Å². The highest BCUT2D eigenvalue weighted by Gasteiger charge is 2.22. The zero-order valence-electron chi connectivity index (χ0n) is 13.9. The molecule has 1 aliphatic rings. The van der Waals surface area contributed by atoms with E-state index in [0.717, 1.165) is 31.0 Å². The predicted molar refractivity (Wildman–Crippen MR) is 86.3 cm³/mol. The molecule has 0 aromatic carbocycles. The second-order valence-electron chi connectivity index (χ2n) is 6.36. The predicted octanol–water partition coefficient (Wildman–Crippen LogP) is 0.587. The summed E-state index contributed by atoms with van der Waals surface area (Å²) in [7, 11) is 0.0535. The second kappa shape index (κ2) is 7.06. The third-order valence-corrected chi connectivity index (χ3v) is 5.88. The van der Waals surface area contributed by atoms with E-state index in [1.54, 1.807) is 14.1 Å². The Labute approximate surface area is 133 Å². The van der Waals surface area contributed by atoms with Gasteiger partial charge in [-0.15, -0.1) is 0 Å². The summed E-state index contributed by atoms with van der Waals surface area (Å²) in [6.45, 7) is 5.72. The molecule has 7 nitrogen and oxygen atoms in total. The lowest BCUT2D eigenvalue weighted by Gasteiger charge is -2.23. The summed E-state index contributed by atoms with van der Waals surface area (Å²) in [5.41, 5.74) is 0. The first-order valence-electron chi connectivity index (χ1n) is 7.87. The first kappa shape index (κ1) is 17.4. The van der Waals surface area contributed by atoms with E-state index >= 15 is 0 Å². The Morgan fingerprint density at radius 2 is 2.14 bits per heavy atom. The van der Waals surface area contributed by atoms with Crippen molar-refractivity contribution in [3.8, 4) is 0 Å². The minimum Gasteiger partial charge on any atom is -0.312 e. The molecule has 1 aromatic heterocycles. The molecule has 2 rings (SSSR count). The zero-order chi connectivity index (χ0) is 16.3. The number of nitrogens with one attached hydrogen (secondary N) is 1. The Hall–Kier alpha value is -0.990. The minimum absolute atomic E-state index is 0.186. The van der Waals surface area contributed by atoms with Gasteiger partial charge in [-0.3, -0.25) is 0 Å². The van der Waals surface area contributed by atoms with Gasteiger partial charge in [-0.25, -0.2) is 22.4 Å². The molecule has 126 valence electrons. The van der Waals surface area contributed by atoms with Crippen molar-refractivity contribution in [3.05, 3.63) is 11.6 Å². The Balaban J connectivity index is 1.79. The Morgan fingerprint density at radius 3 is 2.77 bits per heavy atom. The van der Waals surface area contributed by atoms with Gasteiger partial charge >= 0.3 is 0 Å². The van der Waals surface area contributed by atoms with E-state index in [2.05, 4.69) is 29.2 Å². The molecule has 0 saturated carbocycles. The van der Waals surface area contributed by atoms with Gasteiger partial charge in [0.15, 0.2) is 5.82 Å². The van der Waals surface area contributed by atoms with E-state index in [9.17, 15) is 8.42 Å². The van der Waals surface area contributed by atoms with Gasteiger partial charge in [-0.05, 0) is 19.4 Å². The first-order chi connectivity index (χ1) is 10.3. The summed E-state index contributed by atoms with van der Waals surface area (Å²) in [6, 6.07) is 0.344. The second-order valence-corrected chi connectivity index (χ2v) is 8.67. The smallest absolute Gasteiger partial charge is 0.213 e. The van der Waals surface area contributed by atoms with Crippen LogP contribution in [0.4, 0.5) is 0 Å². The molecule has 0 bridgehead atoms. The van der Waals surface area contributed by atoms with Crippen LogP contribution in [-0.4, -0.2) is 59.9 Å². The fourth-order valence-corrected chi connectivity index (χ4v) is 3.36. The number of fused-ring (bicyclic) bond motifs is 1. The molecule has 0 spiro atoms. The maximum absolute atomic E-state index is 11.7. The molecule has 1 aromatic rings. The molecule has 22 heavy (non-hydrogen) atoms. The Morgan fingerprint density at radius 1 is 1.41 bits per heavy atom. The Bertz CT molecular complexity index is 594. The topological polar surface area (TPSA) is 80.1 Å². The van der Waals surface area contributed by atoms with Crippen LogP contribution in [-0.2, 0) is 23.0 Å². The van der Waals surface area contributed by atoms with Crippen LogP contribution in [0.2, 0.25) is 0 Å². The highest BCUT2D eigenvalue weighted by molar-refractivity contribution is 7.89. The Kier molecular flexibility index (Phi) is 5.57. The molecule has 0 unspecified atom stereocenters. The van der Waals surface area contributed by atoms with E-state index in [1.165, 1.54) is 4.31 Å². The standard InChI is InChI=1S/C14H27N5O2S/c1-11(2)14-16-13-7-6-12(10-19(13)17-14)15-8-5-9-22(20,21)18(3)4/h11-12,15H,5-10H2,1-4H3/t12-/m1/s1. The van der Waals surface area contributed by atoms with Crippen molar-refractivity contribution >= 4 is 10.0 Å². The fourth-order valence-electron chi connectivity index (χ4n) is 2.48. The summed E-state index contributed by atoms with van der Waals surface area (Å²) in [4.78, 5) is 4.57. The van der Waals surface area contributed by atoms with Crippen molar-refractivity contribution in [1.82, 2.24) is 24.4 Å². The van der Waals surface area contributed by atoms with Gasteiger partial charge in [0.1, 0.15) is 5.82 Å². The quantitative estimate of drug-likeness (QED) is 0.741. The van der Waals surface area contributed by atoms with Crippen LogP contribution in [0, 0.1) is 0 Å². The van der Waals surface area contributed by atoms with Gasteiger partial charge < -0.3 is 5.32 Å². The average molecular weight is 329 g/mol. The van der Waals surface area contributed by atoms with Gasteiger partial charge in [0.05, 0.1) is 12.3 Å². The molecule has 0 fully saturated rings. The maximum Gasteiger partial charge on any atom is 0.213 e. The third kappa shape index (κ3) is 4.27. The monoisotopic (exact) mass is 329 g/mol. The van der Waals surface area contributed by atoms with Gasteiger partial charge in [-0.1, -0.05) is 13.8 Å². The molecule has 0 radical (unpaired) electrons. The lowest BCUT2D eigenvalue weighted by atomic mass is 10.1. The summed E-state index contributed by atoms with van der Waals surface area (Å²) < 4.78 is 26.6. The number of aromatic nitrogens is 3. The molecule has 0 amide bonds. The summed E-state index contributed by atoms with van der Waals surface area (Å²) in [5.74, 6) is 2.51. The number of aryl methyl sites for hydroxylation is 1. The van der Waals surface area contributed by atoms with Crippen molar-refractivity contribution in [2.75, 3.05) is 26.4 Å². The van der Waals surface area contributed by atoms with Crippen LogP contribution >= 0.6 is 0 Å². The van der Waals surface area contributed by atoms with E-state index in [0.29, 0.717) is 24.9 Å². The van der Waals surface area contributed by atoms with Crippen molar-refractivity contribution in [2.24, 2.45) is 0 Å². The largest absolute Gasteiger partial charge is 0.312 e. The molecule has 1 N–H and O–H groups in total. The normalized spacial score (nSPS) is 18.9. The molecule has 0 aliphatic carbocycles. The van der Waals surface area contributed by atoms with Crippen LogP contribution < -0.4 is 5.32 Å². The molecule has 0 saturated heterocycles. The average Bonchev–Trinajstić information content (AvgIpc) is 2.86. The van der Waals surface area contributed by atoms with E-state index in [1.807, 2.05) is 4.68 Å². The van der Waals surface area contributed by atoms with E-state index < -0.39 is 10.0 Å². The van der Waals surface area contributed by atoms with Gasteiger partial charge in [-0.2, -0.15) is 5.10 Å². The van der Waals surface area contributed by atoms with E-state index in [-0.39, 0.29) is 5.75 Å². The van der Waals surface area contributed by atoms with Crippen LogP contribution in [0.1, 0.15) is 44.3 Å². The van der Waals surface area contributed by atoms with Gasteiger partial charge in [0, 0.05) is 32.5 Å².